The van der Waals surface area contributed by atoms with E-state index in [0.717, 1.165) is 27.1 Å². The van der Waals surface area contributed by atoms with Gasteiger partial charge in [0.1, 0.15) is 16.5 Å². The summed E-state index contributed by atoms with van der Waals surface area (Å²) >= 11 is 1.19. The summed E-state index contributed by atoms with van der Waals surface area (Å²) in [6.45, 7) is 3.16. The number of nitrogens with zero attached hydrogens (tertiary/aromatic N) is 4. The summed E-state index contributed by atoms with van der Waals surface area (Å²) < 4.78 is 31.5. The van der Waals surface area contributed by atoms with Gasteiger partial charge < -0.3 is 10.6 Å². The van der Waals surface area contributed by atoms with E-state index in [1.54, 1.807) is 37.3 Å². The largest absolute Gasteiger partial charge is 0.341 e. The van der Waals surface area contributed by atoms with Gasteiger partial charge in [-0.2, -0.15) is 5.10 Å². The van der Waals surface area contributed by atoms with Crippen molar-refractivity contribution in [2.24, 2.45) is 0 Å². The lowest BCUT2D eigenvalue weighted by Crippen LogP contribution is -2.39. The Morgan fingerprint density at radius 1 is 0.975 bits per heavy atom. The van der Waals surface area contributed by atoms with E-state index in [1.165, 1.54) is 35.1 Å². The van der Waals surface area contributed by atoms with Crippen molar-refractivity contribution in [1.29, 1.82) is 0 Å². The molecule has 0 spiro atoms. The van der Waals surface area contributed by atoms with Crippen LogP contribution in [-0.4, -0.2) is 32.4 Å². The number of hydrogen-bond donors (Lipinski definition) is 2. The topological polar surface area (TPSA) is 111 Å². The van der Waals surface area contributed by atoms with Crippen molar-refractivity contribution in [3.63, 3.8) is 0 Å². The van der Waals surface area contributed by atoms with E-state index in [-0.39, 0.29) is 27.6 Å². The highest BCUT2D eigenvalue weighted by Crippen LogP contribution is 2.38. The molecule has 9 nitrogen and oxygen atoms in total. The summed E-state index contributed by atoms with van der Waals surface area (Å²) in [7, 11) is 1.51. The summed E-state index contributed by atoms with van der Waals surface area (Å²) in [6, 6.07) is 13.3. The SMILES string of the molecule is CCc1c(-c2ccc(NC(=O)NC)cc2)sc2c1c(=O)n(-c1ccc(C)nn1)c(=O)n2Cc1c(F)cccc1F. The van der Waals surface area contributed by atoms with Crippen LogP contribution in [0.15, 0.2) is 64.2 Å². The smallest absolute Gasteiger partial charge is 0.338 e. The minimum atomic E-state index is -0.806. The van der Waals surface area contributed by atoms with Crippen molar-refractivity contribution in [3.05, 3.63) is 104 Å². The van der Waals surface area contributed by atoms with Crippen LogP contribution in [0.2, 0.25) is 0 Å². The van der Waals surface area contributed by atoms with E-state index in [2.05, 4.69) is 20.8 Å². The Bertz CT molecular complexity index is 1840. The number of rotatable bonds is 6. The molecule has 0 saturated heterocycles. The molecule has 0 aliphatic heterocycles. The van der Waals surface area contributed by atoms with Crippen molar-refractivity contribution in [2.75, 3.05) is 12.4 Å². The molecule has 3 heterocycles. The van der Waals surface area contributed by atoms with E-state index in [1.807, 2.05) is 6.92 Å². The fourth-order valence-electron chi connectivity index (χ4n) is 4.43. The van der Waals surface area contributed by atoms with E-state index in [9.17, 15) is 23.2 Å². The number of halogens is 2. The molecule has 0 bridgehead atoms. The lowest BCUT2D eigenvalue weighted by atomic mass is 10.0. The van der Waals surface area contributed by atoms with Gasteiger partial charge in [-0.05, 0) is 60.9 Å². The number of nitrogens with one attached hydrogen (secondary N) is 2. The van der Waals surface area contributed by atoms with Gasteiger partial charge in [-0.15, -0.1) is 16.4 Å². The molecule has 5 aromatic rings. The van der Waals surface area contributed by atoms with Crippen molar-refractivity contribution in [2.45, 2.75) is 26.8 Å². The third-order valence-corrected chi connectivity index (χ3v) is 7.75. The van der Waals surface area contributed by atoms with Gasteiger partial charge in [0.15, 0.2) is 5.82 Å². The average Bonchev–Trinajstić information content (AvgIpc) is 3.33. The molecule has 5 rings (SSSR count). The Balaban J connectivity index is 1.79. The second kappa shape index (κ2) is 10.8. The number of amides is 2. The molecule has 2 N–H and O–H groups in total. The maximum absolute atomic E-state index is 14.7. The Morgan fingerprint density at radius 3 is 2.27 bits per heavy atom. The van der Waals surface area contributed by atoms with Crippen LogP contribution >= 0.6 is 11.3 Å². The quantitative estimate of drug-likeness (QED) is 0.314. The third-order valence-electron chi connectivity index (χ3n) is 6.45. The predicted octanol–water partition coefficient (Wildman–Crippen LogP) is 4.62. The van der Waals surface area contributed by atoms with Crippen LogP contribution in [0, 0.1) is 18.6 Å². The van der Waals surface area contributed by atoms with Crippen molar-refractivity contribution in [3.8, 4) is 16.3 Å². The number of fused-ring (bicyclic) bond motifs is 1. The molecule has 40 heavy (non-hydrogen) atoms. The first-order valence-electron chi connectivity index (χ1n) is 12.4. The van der Waals surface area contributed by atoms with Crippen molar-refractivity contribution in [1.82, 2.24) is 24.6 Å². The predicted molar refractivity (Wildman–Crippen MR) is 150 cm³/mol. The minimum absolute atomic E-state index is 0.00434. The summed E-state index contributed by atoms with van der Waals surface area (Å²) in [4.78, 5) is 40.4. The van der Waals surface area contributed by atoms with Crippen LogP contribution in [0.25, 0.3) is 26.5 Å². The Kier molecular flexibility index (Phi) is 7.26. The molecular weight excluding hydrogens is 538 g/mol. The fraction of sp³-hybridized carbons (Fsp3) is 0.179. The molecule has 2 amide bonds. The zero-order valence-electron chi connectivity index (χ0n) is 21.8. The highest BCUT2D eigenvalue weighted by molar-refractivity contribution is 7.22. The monoisotopic (exact) mass is 562 g/mol. The second-order valence-corrected chi connectivity index (χ2v) is 9.97. The molecule has 0 aliphatic rings. The van der Waals surface area contributed by atoms with Crippen LogP contribution in [0.5, 0.6) is 0 Å². The number of aryl methyl sites for hydroxylation is 2. The summed E-state index contributed by atoms with van der Waals surface area (Å²) in [5.74, 6) is -1.61. The summed E-state index contributed by atoms with van der Waals surface area (Å²) in [5, 5.41) is 13.4. The summed E-state index contributed by atoms with van der Waals surface area (Å²) in [6.07, 6.45) is 0.439. The highest BCUT2D eigenvalue weighted by Gasteiger charge is 2.24. The number of carbonyl (C=O) groups excluding carboxylic acids is 1. The molecule has 2 aromatic carbocycles. The van der Waals surface area contributed by atoms with Crippen LogP contribution in [-0.2, 0) is 13.0 Å². The van der Waals surface area contributed by atoms with Gasteiger partial charge >= 0.3 is 11.7 Å². The number of benzene rings is 2. The van der Waals surface area contributed by atoms with Gasteiger partial charge in [0.05, 0.1) is 17.6 Å². The standard InChI is InChI=1S/C28H24F2N6O3S/c1-4-18-23-25(37)36(22-13-8-15(2)33-34-22)28(39)35(14-19-20(29)6-5-7-21(19)30)26(23)40-24(18)16-9-11-17(12-10-16)32-27(38)31-3/h5-13H,4,14H2,1-3H3,(H2,31,32,38). The van der Waals surface area contributed by atoms with E-state index in [4.69, 9.17) is 0 Å². The van der Waals surface area contributed by atoms with E-state index >= 15 is 0 Å². The number of carbonyl (C=O) groups is 1. The third kappa shape index (κ3) is 4.77. The van der Waals surface area contributed by atoms with Crippen LogP contribution in [0.1, 0.15) is 23.7 Å². The van der Waals surface area contributed by atoms with Gasteiger partial charge in [0, 0.05) is 23.2 Å². The molecule has 0 atom stereocenters. The second-order valence-electron chi connectivity index (χ2n) is 8.97. The molecular formula is C28H24F2N6O3S. The minimum Gasteiger partial charge on any atom is -0.341 e. The first-order valence-corrected chi connectivity index (χ1v) is 13.2. The van der Waals surface area contributed by atoms with E-state index < -0.39 is 29.4 Å². The number of aromatic nitrogens is 4. The van der Waals surface area contributed by atoms with Gasteiger partial charge in [0.2, 0.25) is 0 Å². The van der Waals surface area contributed by atoms with Crippen LogP contribution in [0.3, 0.4) is 0 Å². The van der Waals surface area contributed by atoms with Gasteiger partial charge in [-0.25, -0.2) is 22.9 Å². The molecule has 0 aliphatic carbocycles. The zero-order valence-corrected chi connectivity index (χ0v) is 22.6. The fourth-order valence-corrected chi connectivity index (χ4v) is 5.81. The maximum atomic E-state index is 14.7. The molecule has 0 radical (unpaired) electrons. The lowest BCUT2D eigenvalue weighted by Gasteiger charge is -2.13. The van der Waals surface area contributed by atoms with Crippen LogP contribution < -0.4 is 21.9 Å². The Morgan fingerprint density at radius 2 is 1.68 bits per heavy atom. The molecule has 0 unspecified atom stereocenters. The van der Waals surface area contributed by atoms with E-state index in [0.29, 0.717) is 23.4 Å². The summed E-state index contributed by atoms with van der Waals surface area (Å²) in [5.41, 5.74) is 0.886. The molecule has 0 saturated carbocycles. The molecule has 12 heteroatoms. The zero-order chi connectivity index (χ0) is 28.6. The van der Waals surface area contributed by atoms with Crippen molar-refractivity contribution < 1.29 is 13.6 Å². The number of thiophene rings is 1. The number of urea groups is 1. The molecule has 3 aromatic heterocycles. The maximum Gasteiger partial charge on any atom is 0.338 e. The normalized spacial score (nSPS) is 11.1. The van der Waals surface area contributed by atoms with Crippen LogP contribution in [0.4, 0.5) is 19.3 Å². The van der Waals surface area contributed by atoms with Gasteiger partial charge in [-0.1, -0.05) is 25.1 Å². The average molecular weight is 563 g/mol. The van der Waals surface area contributed by atoms with Gasteiger partial charge in [0.25, 0.3) is 5.56 Å². The lowest BCUT2D eigenvalue weighted by molar-refractivity contribution is 0.254. The first kappa shape index (κ1) is 26.9. The Labute approximate surface area is 230 Å². The highest BCUT2D eigenvalue weighted by atomic mass is 32.1. The number of anilines is 1. The van der Waals surface area contributed by atoms with Gasteiger partial charge in [-0.3, -0.25) is 9.36 Å². The molecule has 0 fully saturated rings. The van der Waals surface area contributed by atoms with Crippen molar-refractivity contribution >= 4 is 33.3 Å². The molecule has 204 valence electrons. The Hall–Kier alpha value is -4.71. The number of hydrogen-bond acceptors (Lipinski definition) is 6. The first-order chi connectivity index (χ1) is 19.2.